The lowest BCUT2D eigenvalue weighted by Gasteiger charge is -2.23. The average molecular weight is 234 g/mol. The van der Waals surface area contributed by atoms with E-state index in [1.54, 1.807) is 5.56 Å². The Bertz CT molecular complexity index is 387. The van der Waals surface area contributed by atoms with Gasteiger partial charge in [0.25, 0.3) is 0 Å². The van der Waals surface area contributed by atoms with Crippen LogP contribution in [0.25, 0.3) is 0 Å². The van der Waals surface area contributed by atoms with Gasteiger partial charge in [-0.1, -0.05) is 0 Å². The van der Waals surface area contributed by atoms with Crippen LogP contribution < -0.4 is 4.90 Å². The van der Waals surface area contributed by atoms with Gasteiger partial charge in [0.15, 0.2) is 0 Å². The van der Waals surface area contributed by atoms with Crippen LogP contribution in [0.5, 0.6) is 0 Å². The van der Waals surface area contributed by atoms with E-state index in [9.17, 15) is 0 Å². The number of quaternary nitrogens is 1. The molecule has 0 aliphatic rings. The van der Waals surface area contributed by atoms with Gasteiger partial charge in [-0.15, -0.1) is 0 Å². The first kappa shape index (κ1) is 14.2. The van der Waals surface area contributed by atoms with Crippen molar-refractivity contribution < 1.29 is 4.90 Å². The molecule has 17 heavy (non-hydrogen) atoms. The molecule has 1 nitrogen and oxygen atoms in total. The number of nitrogens with one attached hydrogen (secondary N) is 1. The molecule has 0 saturated heterocycles. The van der Waals surface area contributed by atoms with E-state index in [0.29, 0.717) is 6.04 Å². The van der Waals surface area contributed by atoms with Gasteiger partial charge in [-0.2, -0.15) is 0 Å². The molecular weight excluding hydrogens is 206 g/mol. The van der Waals surface area contributed by atoms with Crippen LogP contribution in [0.1, 0.15) is 40.3 Å². The molecule has 0 amide bonds. The van der Waals surface area contributed by atoms with Gasteiger partial charge >= 0.3 is 0 Å². The van der Waals surface area contributed by atoms with Crippen LogP contribution in [-0.2, 0) is 6.42 Å². The summed E-state index contributed by atoms with van der Waals surface area (Å²) in [6.45, 7) is 13.7. The standard InChI is InChI=1S/C16H27N/c1-10(17(7)8)9-16-14(5)12(3)11(2)13(4)15(16)6/h10H,9H2,1-8H3/p+1. The summed E-state index contributed by atoms with van der Waals surface area (Å²) >= 11 is 0. The summed E-state index contributed by atoms with van der Waals surface area (Å²) in [7, 11) is 4.48. The fraction of sp³-hybridized carbons (Fsp3) is 0.625. The quantitative estimate of drug-likeness (QED) is 0.818. The second kappa shape index (κ2) is 5.22. The first-order valence-electron chi connectivity index (χ1n) is 6.63. The number of rotatable bonds is 3. The number of likely N-dealkylation sites (N-methyl/N-ethyl adjacent to an activating group) is 1. The second-order valence-corrected chi connectivity index (χ2v) is 5.79. The zero-order chi connectivity index (χ0) is 13.3. The predicted octanol–water partition coefficient (Wildman–Crippen LogP) is 2.30. The van der Waals surface area contributed by atoms with Crippen LogP contribution in [0, 0.1) is 34.6 Å². The van der Waals surface area contributed by atoms with E-state index in [-0.39, 0.29) is 0 Å². The Morgan fingerprint density at radius 3 is 1.47 bits per heavy atom. The monoisotopic (exact) mass is 234 g/mol. The summed E-state index contributed by atoms with van der Waals surface area (Å²) in [5.41, 5.74) is 8.98. The maximum atomic E-state index is 2.33. The molecule has 1 atom stereocenters. The summed E-state index contributed by atoms with van der Waals surface area (Å²) in [5, 5.41) is 0. The van der Waals surface area contributed by atoms with Crippen molar-refractivity contribution in [3.8, 4) is 0 Å². The molecule has 0 aliphatic heterocycles. The van der Waals surface area contributed by atoms with E-state index < -0.39 is 0 Å². The fourth-order valence-corrected chi connectivity index (χ4v) is 2.39. The van der Waals surface area contributed by atoms with Gasteiger partial charge in [0.1, 0.15) is 0 Å². The van der Waals surface area contributed by atoms with Crippen molar-refractivity contribution in [1.82, 2.24) is 0 Å². The minimum absolute atomic E-state index is 0.675. The van der Waals surface area contributed by atoms with Crippen LogP contribution in [0.15, 0.2) is 0 Å². The lowest BCUT2D eigenvalue weighted by molar-refractivity contribution is -0.883. The Hall–Kier alpha value is -0.820. The molecule has 0 fully saturated rings. The van der Waals surface area contributed by atoms with Crippen molar-refractivity contribution in [1.29, 1.82) is 0 Å². The molecule has 1 aromatic rings. The normalized spacial score (nSPS) is 13.2. The van der Waals surface area contributed by atoms with Gasteiger partial charge < -0.3 is 4.90 Å². The van der Waals surface area contributed by atoms with Crippen LogP contribution in [0.2, 0.25) is 0 Å². The topological polar surface area (TPSA) is 4.44 Å². The van der Waals surface area contributed by atoms with Crippen molar-refractivity contribution in [3.63, 3.8) is 0 Å². The zero-order valence-electron chi connectivity index (χ0n) is 12.8. The maximum absolute atomic E-state index is 2.33. The number of benzene rings is 1. The Kier molecular flexibility index (Phi) is 4.37. The van der Waals surface area contributed by atoms with E-state index in [4.69, 9.17) is 0 Å². The van der Waals surface area contributed by atoms with Gasteiger partial charge in [0.05, 0.1) is 20.1 Å². The van der Waals surface area contributed by atoms with Crippen molar-refractivity contribution in [2.75, 3.05) is 14.1 Å². The Balaban J connectivity index is 3.25. The largest absolute Gasteiger partial charge is 0.337 e. The predicted molar refractivity (Wildman–Crippen MR) is 76.1 cm³/mol. The molecule has 0 aliphatic carbocycles. The van der Waals surface area contributed by atoms with Crippen molar-refractivity contribution in [3.05, 3.63) is 33.4 Å². The number of hydrogen-bond acceptors (Lipinski definition) is 0. The highest BCUT2D eigenvalue weighted by Gasteiger charge is 2.16. The highest BCUT2D eigenvalue weighted by atomic mass is 15.1. The fourth-order valence-electron chi connectivity index (χ4n) is 2.39. The molecule has 96 valence electrons. The summed E-state index contributed by atoms with van der Waals surface area (Å²) in [4.78, 5) is 1.53. The lowest BCUT2D eigenvalue weighted by Crippen LogP contribution is -3.09. The Labute approximate surface area is 107 Å². The Morgan fingerprint density at radius 1 is 0.765 bits per heavy atom. The molecule has 0 bridgehead atoms. The highest BCUT2D eigenvalue weighted by Crippen LogP contribution is 2.26. The molecule has 1 unspecified atom stereocenters. The molecule has 0 aromatic heterocycles. The third kappa shape index (κ3) is 2.71. The van der Waals surface area contributed by atoms with E-state index >= 15 is 0 Å². The van der Waals surface area contributed by atoms with Crippen LogP contribution in [0.4, 0.5) is 0 Å². The molecule has 1 heteroatoms. The minimum Gasteiger partial charge on any atom is -0.337 e. The molecule has 1 aromatic carbocycles. The van der Waals surface area contributed by atoms with Gasteiger partial charge in [-0.05, 0) is 74.9 Å². The van der Waals surface area contributed by atoms with E-state index in [2.05, 4.69) is 55.6 Å². The highest BCUT2D eigenvalue weighted by molar-refractivity contribution is 5.49. The molecule has 1 N–H and O–H groups in total. The SMILES string of the molecule is Cc1c(C)c(C)c(CC(C)[NH+](C)C)c(C)c1C. The molecule has 1 rings (SSSR count). The average Bonchev–Trinajstić information content (AvgIpc) is 2.29. The first-order chi connectivity index (χ1) is 7.77. The molecule has 0 saturated carbocycles. The Morgan fingerprint density at radius 2 is 1.12 bits per heavy atom. The minimum atomic E-state index is 0.675. The van der Waals surface area contributed by atoms with Crippen LogP contribution >= 0.6 is 0 Å². The molecular formula is C16H28N+. The van der Waals surface area contributed by atoms with Crippen LogP contribution in [0.3, 0.4) is 0 Å². The van der Waals surface area contributed by atoms with Crippen molar-refractivity contribution in [2.45, 2.75) is 54.0 Å². The van der Waals surface area contributed by atoms with Crippen molar-refractivity contribution in [2.24, 2.45) is 0 Å². The smallest absolute Gasteiger partial charge is 0.0883 e. The van der Waals surface area contributed by atoms with E-state index in [0.717, 1.165) is 0 Å². The summed E-state index contributed by atoms with van der Waals surface area (Å²) < 4.78 is 0. The van der Waals surface area contributed by atoms with E-state index in [1.165, 1.54) is 39.1 Å². The van der Waals surface area contributed by atoms with Gasteiger partial charge in [0, 0.05) is 6.42 Å². The van der Waals surface area contributed by atoms with Gasteiger partial charge in [-0.3, -0.25) is 0 Å². The maximum Gasteiger partial charge on any atom is 0.0883 e. The molecule has 0 spiro atoms. The summed E-state index contributed by atoms with van der Waals surface area (Å²) in [5.74, 6) is 0. The second-order valence-electron chi connectivity index (χ2n) is 5.79. The zero-order valence-corrected chi connectivity index (χ0v) is 12.8. The van der Waals surface area contributed by atoms with Crippen molar-refractivity contribution >= 4 is 0 Å². The molecule has 0 heterocycles. The third-order valence-electron chi connectivity index (χ3n) is 4.65. The summed E-state index contributed by atoms with van der Waals surface area (Å²) in [6, 6.07) is 0.675. The first-order valence-corrected chi connectivity index (χ1v) is 6.63. The van der Waals surface area contributed by atoms with Gasteiger partial charge in [-0.25, -0.2) is 0 Å². The van der Waals surface area contributed by atoms with E-state index in [1.807, 2.05) is 0 Å². The van der Waals surface area contributed by atoms with Gasteiger partial charge in [0.2, 0.25) is 0 Å². The molecule has 0 radical (unpaired) electrons. The number of hydrogen-bond donors (Lipinski definition) is 1. The third-order valence-corrected chi connectivity index (χ3v) is 4.65. The lowest BCUT2D eigenvalue weighted by atomic mass is 9.87. The summed E-state index contributed by atoms with van der Waals surface area (Å²) in [6.07, 6.45) is 1.18. The van der Waals surface area contributed by atoms with Crippen LogP contribution in [-0.4, -0.2) is 20.1 Å².